The number of amides is 1. The van der Waals surface area contributed by atoms with Gasteiger partial charge < -0.3 is 33.5 Å². The third-order valence-corrected chi connectivity index (χ3v) is 16.8. The Bertz CT molecular complexity index is 2460. The molecule has 1 amide bonds. The van der Waals surface area contributed by atoms with E-state index in [0.29, 0.717) is 65.2 Å². The Balaban J connectivity index is 1.19. The zero-order valence-corrected chi connectivity index (χ0v) is 53.9. The van der Waals surface area contributed by atoms with Gasteiger partial charge in [0.25, 0.3) is 0 Å². The summed E-state index contributed by atoms with van der Waals surface area (Å²) in [6.07, 6.45) is 35.2. The maximum atomic E-state index is 13.5. The summed E-state index contributed by atoms with van der Waals surface area (Å²) in [5.74, 6) is -0.674. The molecule has 0 bridgehead atoms. The number of rotatable bonds is 45. The first-order valence-corrected chi connectivity index (χ1v) is 33.3. The SMILES string of the molecule is CCCCCCCCCCCCCCCC(=O)OCC(COC(=O)CCCCCCCCCCCCCCC)OC(=O)CC(C)CCCC(=O)Oc1c(C)cc(COC(=O)n2ccc3c(N(C)[C@H]4CN(C(=O)CC#N)CC[C@H]4C)ncnc32)cc1C. The van der Waals surface area contributed by atoms with E-state index in [-0.39, 0.29) is 87.6 Å². The lowest BCUT2D eigenvalue weighted by molar-refractivity contribution is -0.167. The number of likely N-dealkylation sites (tertiary alicyclic amines) is 1. The first-order chi connectivity index (χ1) is 41.6. The van der Waals surface area contributed by atoms with Gasteiger partial charge in [-0.1, -0.05) is 182 Å². The highest BCUT2D eigenvalue weighted by atomic mass is 16.6. The molecule has 0 N–H and O–H groups in total. The van der Waals surface area contributed by atoms with Crippen molar-refractivity contribution in [2.24, 2.45) is 11.8 Å². The molecule has 2 aromatic heterocycles. The Morgan fingerprint density at radius 3 is 1.69 bits per heavy atom. The van der Waals surface area contributed by atoms with E-state index in [2.05, 4.69) is 30.7 Å². The van der Waals surface area contributed by atoms with Crippen molar-refractivity contribution in [1.29, 1.82) is 5.26 Å². The fraction of sp³-hybridized carbons (Fsp3) is 0.725. The number of anilines is 1. The fourth-order valence-electron chi connectivity index (χ4n) is 11.6. The maximum Gasteiger partial charge on any atom is 0.420 e. The molecular weight excluding hydrogens is 1090 g/mol. The second kappa shape index (κ2) is 42.7. The van der Waals surface area contributed by atoms with Crippen LogP contribution in [0.4, 0.5) is 10.6 Å². The molecule has 0 spiro atoms. The molecule has 1 aliphatic heterocycles. The summed E-state index contributed by atoms with van der Waals surface area (Å²) in [6, 6.07) is 7.28. The van der Waals surface area contributed by atoms with Crippen LogP contribution in [0.15, 0.2) is 30.7 Å². The minimum Gasteiger partial charge on any atom is -0.462 e. The second-order valence-corrected chi connectivity index (χ2v) is 24.5. The summed E-state index contributed by atoms with van der Waals surface area (Å²) < 4.78 is 29.9. The number of ether oxygens (including phenoxy) is 5. The van der Waals surface area contributed by atoms with Crippen LogP contribution >= 0.6 is 0 Å². The summed E-state index contributed by atoms with van der Waals surface area (Å²) in [7, 11) is 1.91. The average Bonchev–Trinajstić information content (AvgIpc) is 3.69. The van der Waals surface area contributed by atoms with Crippen molar-refractivity contribution in [2.75, 3.05) is 38.3 Å². The van der Waals surface area contributed by atoms with Crippen LogP contribution in [0.2, 0.25) is 0 Å². The van der Waals surface area contributed by atoms with Gasteiger partial charge in [0, 0.05) is 52.0 Å². The molecule has 17 heteroatoms. The Labute approximate surface area is 515 Å². The Kier molecular flexibility index (Phi) is 36.0. The van der Waals surface area contributed by atoms with Crippen molar-refractivity contribution >= 4 is 52.7 Å². The van der Waals surface area contributed by atoms with Gasteiger partial charge in [-0.2, -0.15) is 5.26 Å². The van der Waals surface area contributed by atoms with Gasteiger partial charge in [-0.25, -0.2) is 19.3 Å². The number of esters is 4. The van der Waals surface area contributed by atoms with Gasteiger partial charge in [-0.15, -0.1) is 0 Å². The first-order valence-electron chi connectivity index (χ1n) is 33.3. The Morgan fingerprint density at radius 1 is 0.674 bits per heavy atom. The van der Waals surface area contributed by atoms with Gasteiger partial charge in [0.05, 0.1) is 17.5 Å². The van der Waals surface area contributed by atoms with Crippen LogP contribution in [0.5, 0.6) is 5.75 Å². The number of benzene rings is 1. The predicted octanol–water partition coefficient (Wildman–Crippen LogP) is 15.9. The molecule has 3 atom stereocenters. The topological polar surface area (TPSA) is 210 Å². The van der Waals surface area contributed by atoms with Gasteiger partial charge in [0.1, 0.15) is 44.1 Å². The molecule has 0 saturated carbocycles. The Hall–Kier alpha value is -6.05. The minimum absolute atomic E-state index is 0.0468. The summed E-state index contributed by atoms with van der Waals surface area (Å²) in [5.41, 5.74) is 2.47. The van der Waals surface area contributed by atoms with Crippen molar-refractivity contribution in [2.45, 2.75) is 279 Å². The lowest BCUT2D eigenvalue weighted by Gasteiger charge is -2.42. The summed E-state index contributed by atoms with van der Waals surface area (Å²) in [4.78, 5) is 90.9. The number of hydrogen-bond donors (Lipinski definition) is 0. The van der Waals surface area contributed by atoms with E-state index in [0.717, 1.165) is 44.9 Å². The third-order valence-electron chi connectivity index (χ3n) is 16.8. The number of unbranched alkanes of at least 4 members (excludes halogenated alkanes) is 24. The van der Waals surface area contributed by atoms with Gasteiger partial charge >= 0.3 is 30.0 Å². The van der Waals surface area contributed by atoms with Crippen LogP contribution < -0.4 is 9.64 Å². The van der Waals surface area contributed by atoms with Crippen molar-refractivity contribution in [3.8, 4) is 11.8 Å². The molecule has 17 nitrogen and oxygen atoms in total. The number of aryl methyl sites for hydroxylation is 2. The molecule has 1 saturated heterocycles. The van der Waals surface area contributed by atoms with Crippen molar-refractivity contribution in [3.63, 3.8) is 0 Å². The van der Waals surface area contributed by atoms with E-state index < -0.39 is 24.1 Å². The molecule has 3 aromatic rings. The zero-order chi connectivity index (χ0) is 62.3. The summed E-state index contributed by atoms with van der Waals surface area (Å²) in [6.45, 7) is 12.8. The number of aromatic nitrogens is 3. The molecule has 86 heavy (non-hydrogen) atoms. The molecule has 4 rings (SSSR count). The van der Waals surface area contributed by atoms with Crippen molar-refractivity contribution in [1.82, 2.24) is 19.4 Å². The van der Waals surface area contributed by atoms with Crippen LogP contribution in [-0.2, 0) is 49.5 Å². The van der Waals surface area contributed by atoms with Crippen LogP contribution in [0.25, 0.3) is 11.0 Å². The standard InChI is InChI=1S/C69H108N6O11/c1-8-10-12-14-16-18-20-22-24-26-28-30-32-36-62(77)82-50-58(51-83-63(78)37-33-31-29-27-25-23-21-19-17-15-13-11-9-2)85-65(80)45-53(3)35-34-38-64(79)86-66-55(5)46-57(47-56(66)6)49-84-69(81)75-44-41-59-67(71-52-72-68(59)75)73(7)60-48-74(43-40-54(60)4)61(76)39-42-70/h41,44,46-47,52-54,58,60H,8-40,43,45,48-51H2,1-7H3/t53?,54-,60+/m1/s1. The highest BCUT2D eigenvalue weighted by molar-refractivity contribution is 5.93. The van der Waals surface area contributed by atoms with E-state index in [9.17, 15) is 28.8 Å². The van der Waals surface area contributed by atoms with E-state index in [1.165, 1.54) is 139 Å². The van der Waals surface area contributed by atoms with E-state index >= 15 is 0 Å². The molecule has 3 heterocycles. The zero-order valence-electron chi connectivity index (χ0n) is 53.9. The number of piperidine rings is 1. The molecule has 1 aliphatic rings. The number of fused-ring (bicyclic) bond motifs is 1. The molecule has 0 aliphatic carbocycles. The molecule has 1 fully saturated rings. The Morgan fingerprint density at radius 2 is 1.17 bits per heavy atom. The van der Waals surface area contributed by atoms with Gasteiger partial charge in [0.2, 0.25) is 5.91 Å². The number of carbonyl (C=O) groups is 6. The van der Waals surface area contributed by atoms with Crippen LogP contribution in [-0.4, -0.2) is 101 Å². The molecular formula is C69H108N6O11. The minimum atomic E-state index is -0.932. The number of nitrogens with zero attached hydrogens (tertiary/aromatic N) is 6. The average molecular weight is 1200 g/mol. The highest BCUT2D eigenvalue weighted by Crippen LogP contribution is 2.31. The molecule has 1 aromatic carbocycles. The van der Waals surface area contributed by atoms with Gasteiger partial charge in [-0.05, 0) is 92.7 Å². The van der Waals surface area contributed by atoms with Gasteiger partial charge in [0.15, 0.2) is 11.8 Å². The third kappa shape index (κ3) is 28.2. The number of likely N-dealkylation sites (N-methyl/N-ethyl adjacent to an activating group) is 1. The summed E-state index contributed by atoms with van der Waals surface area (Å²) in [5, 5.41) is 9.73. The number of carbonyl (C=O) groups excluding carboxylic acids is 6. The van der Waals surface area contributed by atoms with E-state index in [1.54, 1.807) is 17.2 Å². The smallest absolute Gasteiger partial charge is 0.420 e. The fourth-order valence-corrected chi connectivity index (χ4v) is 11.6. The largest absolute Gasteiger partial charge is 0.462 e. The van der Waals surface area contributed by atoms with E-state index in [1.807, 2.05) is 50.9 Å². The monoisotopic (exact) mass is 1200 g/mol. The van der Waals surface area contributed by atoms with E-state index in [4.69, 9.17) is 28.9 Å². The van der Waals surface area contributed by atoms with Crippen LogP contribution in [0.1, 0.15) is 263 Å². The summed E-state index contributed by atoms with van der Waals surface area (Å²) >= 11 is 0. The molecule has 0 radical (unpaired) electrons. The van der Waals surface area contributed by atoms with Crippen molar-refractivity contribution < 1.29 is 52.5 Å². The van der Waals surface area contributed by atoms with Crippen molar-refractivity contribution in [3.05, 3.63) is 47.4 Å². The quantitative estimate of drug-likeness (QED) is 0.0223. The first kappa shape index (κ1) is 72.4. The second-order valence-electron chi connectivity index (χ2n) is 24.5. The maximum absolute atomic E-state index is 13.5. The highest BCUT2D eigenvalue weighted by Gasteiger charge is 2.33. The lowest BCUT2D eigenvalue weighted by Crippen LogP contribution is -2.52. The van der Waals surface area contributed by atoms with Crippen LogP contribution in [0.3, 0.4) is 0 Å². The predicted molar refractivity (Wildman–Crippen MR) is 337 cm³/mol. The lowest BCUT2D eigenvalue weighted by atomic mass is 9.92. The number of nitriles is 1. The molecule has 1 unspecified atom stereocenters. The normalized spacial score (nSPS) is 14.4. The van der Waals surface area contributed by atoms with Crippen LogP contribution in [0, 0.1) is 37.0 Å². The molecule has 480 valence electrons. The van der Waals surface area contributed by atoms with Gasteiger partial charge in [-0.3, -0.25) is 24.0 Å². The number of hydrogen-bond acceptors (Lipinski definition) is 15.